The van der Waals surface area contributed by atoms with Gasteiger partial charge in [-0.25, -0.2) is 16.8 Å². The lowest BCUT2D eigenvalue weighted by Crippen LogP contribution is -2.44. The van der Waals surface area contributed by atoms with Gasteiger partial charge >= 0.3 is 0 Å². The minimum Gasteiger partial charge on any atom is -0.379 e. The minimum absolute atomic E-state index is 0.116. The van der Waals surface area contributed by atoms with E-state index in [1.54, 1.807) is 4.90 Å². The molecule has 0 aliphatic carbocycles. The number of carbonyl (C=O) groups is 2. The fraction of sp³-hybridized carbons (Fsp3) is 0.579. The molecule has 0 atom stereocenters. The van der Waals surface area contributed by atoms with Crippen LogP contribution in [-0.2, 0) is 29.4 Å². The molecule has 2 fully saturated rings. The number of ether oxygens (including phenoxy) is 1. The van der Waals surface area contributed by atoms with Gasteiger partial charge in [-0.1, -0.05) is 0 Å². The molecule has 0 spiro atoms. The van der Waals surface area contributed by atoms with Crippen LogP contribution in [0.3, 0.4) is 0 Å². The third-order valence-electron chi connectivity index (χ3n) is 5.56. The Morgan fingerprint density at radius 3 is 2.13 bits per heavy atom. The number of hydrogen-bond donors (Lipinski definition) is 1. The largest absolute Gasteiger partial charge is 0.379 e. The van der Waals surface area contributed by atoms with Crippen molar-refractivity contribution >= 4 is 31.7 Å². The molecule has 31 heavy (non-hydrogen) atoms. The molecule has 2 heterocycles. The zero-order valence-corrected chi connectivity index (χ0v) is 19.0. The van der Waals surface area contributed by atoms with Crippen molar-refractivity contribution in [2.75, 3.05) is 52.2 Å². The van der Waals surface area contributed by atoms with E-state index >= 15 is 0 Å². The van der Waals surface area contributed by atoms with Gasteiger partial charge in [-0.05, 0) is 37.1 Å². The number of carbonyl (C=O) groups excluding carboxylic acids is 2. The van der Waals surface area contributed by atoms with Crippen molar-refractivity contribution < 1.29 is 31.2 Å². The third kappa shape index (κ3) is 5.43. The van der Waals surface area contributed by atoms with Crippen LogP contribution >= 0.6 is 0 Å². The lowest BCUT2D eigenvalue weighted by molar-refractivity contribution is -0.118. The minimum atomic E-state index is -3.64. The van der Waals surface area contributed by atoms with E-state index in [2.05, 4.69) is 5.32 Å². The number of amides is 2. The lowest BCUT2D eigenvalue weighted by atomic mass is 10.1. The van der Waals surface area contributed by atoms with Crippen molar-refractivity contribution in [3.05, 3.63) is 29.8 Å². The second kappa shape index (κ2) is 9.63. The Labute approximate surface area is 182 Å². The van der Waals surface area contributed by atoms with Crippen molar-refractivity contribution in [2.24, 2.45) is 0 Å². The van der Waals surface area contributed by atoms with Gasteiger partial charge in [0.1, 0.15) is 5.75 Å². The summed E-state index contributed by atoms with van der Waals surface area (Å²) in [6.45, 7) is 1.80. The molecule has 1 aromatic rings. The number of likely N-dealkylation sites (tertiary alicyclic amines) is 1. The Morgan fingerprint density at radius 2 is 1.58 bits per heavy atom. The summed E-state index contributed by atoms with van der Waals surface area (Å²) in [6, 6.07) is 5.78. The molecule has 0 saturated carbocycles. The monoisotopic (exact) mass is 473 g/mol. The smallest absolute Gasteiger partial charge is 0.253 e. The van der Waals surface area contributed by atoms with E-state index in [0.29, 0.717) is 31.9 Å². The molecule has 10 nitrogen and oxygen atoms in total. The van der Waals surface area contributed by atoms with Crippen LogP contribution in [-0.4, -0.2) is 95.3 Å². The van der Waals surface area contributed by atoms with Gasteiger partial charge in [0.15, 0.2) is 9.84 Å². The van der Waals surface area contributed by atoms with E-state index < -0.39 is 36.8 Å². The molecular weight excluding hydrogens is 446 g/mol. The molecular formula is C19H27N3O7S2. The van der Waals surface area contributed by atoms with Gasteiger partial charge in [0.05, 0.1) is 23.4 Å². The highest BCUT2D eigenvalue weighted by Crippen LogP contribution is 2.22. The summed E-state index contributed by atoms with van der Waals surface area (Å²) in [7, 11) is -5.82. The standard InChI is InChI=1S/C19H27N3O7S2/c1-20-18(23)14-30(25,26)16-6-8-21(9-7-16)19(24)15-2-4-17(5-3-15)31(27,28)22-10-12-29-13-11-22/h2-5,16H,6-14H2,1H3,(H,20,23). The van der Waals surface area contributed by atoms with Crippen molar-refractivity contribution in [3.8, 4) is 0 Å². The molecule has 172 valence electrons. The lowest BCUT2D eigenvalue weighted by Gasteiger charge is -2.31. The molecule has 3 rings (SSSR count). The molecule has 2 aliphatic rings. The summed E-state index contributed by atoms with van der Waals surface area (Å²) in [5, 5.41) is 1.65. The highest BCUT2D eigenvalue weighted by atomic mass is 32.2. The predicted octanol–water partition coefficient (Wildman–Crippen LogP) is -0.527. The number of rotatable bonds is 6. The van der Waals surface area contributed by atoms with Gasteiger partial charge in [0.25, 0.3) is 5.91 Å². The van der Waals surface area contributed by atoms with Crippen LogP contribution in [0.2, 0.25) is 0 Å². The zero-order valence-electron chi connectivity index (χ0n) is 17.3. The van der Waals surface area contributed by atoms with E-state index in [4.69, 9.17) is 4.74 Å². The fourth-order valence-electron chi connectivity index (χ4n) is 3.68. The molecule has 0 radical (unpaired) electrons. The zero-order chi connectivity index (χ0) is 22.6. The Morgan fingerprint density at radius 1 is 1.00 bits per heavy atom. The first kappa shape index (κ1) is 23.6. The second-order valence-corrected chi connectivity index (χ2v) is 11.7. The first-order valence-electron chi connectivity index (χ1n) is 10.0. The van der Waals surface area contributed by atoms with Crippen molar-refractivity contribution in [3.63, 3.8) is 0 Å². The highest BCUT2D eigenvalue weighted by Gasteiger charge is 2.33. The van der Waals surface area contributed by atoms with Crippen molar-refractivity contribution in [1.82, 2.24) is 14.5 Å². The molecule has 0 unspecified atom stereocenters. The van der Waals surface area contributed by atoms with E-state index in [-0.39, 0.29) is 36.7 Å². The van der Waals surface area contributed by atoms with Crippen LogP contribution in [0.4, 0.5) is 0 Å². The van der Waals surface area contributed by atoms with E-state index in [0.717, 1.165) is 0 Å². The molecule has 2 amide bonds. The highest BCUT2D eigenvalue weighted by molar-refractivity contribution is 7.92. The summed E-state index contributed by atoms with van der Waals surface area (Å²) >= 11 is 0. The summed E-state index contributed by atoms with van der Waals surface area (Å²) in [6.07, 6.45) is 0.517. The maximum absolute atomic E-state index is 12.8. The third-order valence-corrected chi connectivity index (χ3v) is 9.62. The number of hydrogen-bond acceptors (Lipinski definition) is 7. The van der Waals surface area contributed by atoms with Crippen LogP contribution in [0.25, 0.3) is 0 Å². The number of nitrogens with zero attached hydrogens (tertiary/aromatic N) is 2. The average molecular weight is 474 g/mol. The maximum Gasteiger partial charge on any atom is 0.253 e. The Hall–Kier alpha value is -2.02. The first-order valence-corrected chi connectivity index (χ1v) is 13.2. The predicted molar refractivity (Wildman–Crippen MR) is 113 cm³/mol. The molecule has 2 aliphatic heterocycles. The summed E-state index contributed by atoms with van der Waals surface area (Å²) < 4.78 is 56.6. The van der Waals surface area contributed by atoms with Gasteiger partial charge in [0, 0.05) is 38.8 Å². The summed E-state index contributed by atoms with van der Waals surface area (Å²) in [5.74, 6) is -1.38. The number of morpholine rings is 1. The number of benzene rings is 1. The van der Waals surface area contributed by atoms with E-state index in [9.17, 15) is 26.4 Å². The van der Waals surface area contributed by atoms with Crippen molar-refractivity contribution in [2.45, 2.75) is 23.0 Å². The van der Waals surface area contributed by atoms with Crippen LogP contribution in [0.5, 0.6) is 0 Å². The van der Waals surface area contributed by atoms with Crippen molar-refractivity contribution in [1.29, 1.82) is 0 Å². The van der Waals surface area contributed by atoms with E-state index in [1.807, 2.05) is 0 Å². The topological polar surface area (TPSA) is 130 Å². The fourth-order valence-corrected chi connectivity index (χ4v) is 6.76. The Kier molecular flexibility index (Phi) is 7.35. The molecule has 0 aromatic heterocycles. The molecule has 12 heteroatoms. The Bertz CT molecular complexity index is 1010. The first-order chi connectivity index (χ1) is 14.6. The van der Waals surface area contributed by atoms with Gasteiger partial charge in [-0.2, -0.15) is 4.31 Å². The van der Waals surface area contributed by atoms with Crippen LogP contribution in [0.1, 0.15) is 23.2 Å². The number of sulfone groups is 1. The maximum atomic E-state index is 12.8. The van der Waals surface area contributed by atoms with Crippen LogP contribution in [0, 0.1) is 0 Å². The number of piperidine rings is 1. The normalized spacial score (nSPS) is 19.2. The SMILES string of the molecule is CNC(=O)CS(=O)(=O)C1CCN(C(=O)c2ccc(S(=O)(=O)N3CCOCC3)cc2)CC1. The quantitative estimate of drug-likeness (QED) is 0.588. The van der Waals surface area contributed by atoms with Gasteiger partial charge in [0.2, 0.25) is 15.9 Å². The Balaban J connectivity index is 1.62. The van der Waals surface area contributed by atoms with Crippen LogP contribution < -0.4 is 5.32 Å². The average Bonchev–Trinajstić information content (AvgIpc) is 2.79. The van der Waals surface area contributed by atoms with Gasteiger partial charge < -0.3 is 15.0 Å². The van der Waals surface area contributed by atoms with E-state index in [1.165, 1.54) is 35.6 Å². The van der Waals surface area contributed by atoms with Crippen LogP contribution in [0.15, 0.2) is 29.2 Å². The summed E-state index contributed by atoms with van der Waals surface area (Å²) in [5.41, 5.74) is 0.340. The number of nitrogens with one attached hydrogen (secondary N) is 1. The molecule has 1 aromatic carbocycles. The van der Waals surface area contributed by atoms with Gasteiger partial charge in [-0.15, -0.1) is 0 Å². The van der Waals surface area contributed by atoms with Gasteiger partial charge in [-0.3, -0.25) is 9.59 Å². The molecule has 2 saturated heterocycles. The molecule has 0 bridgehead atoms. The summed E-state index contributed by atoms with van der Waals surface area (Å²) in [4.78, 5) is 25.9. The molecule has 1 N–H and O–H groups in total. The number of sulfonamides is 1. The second-order valence-electron chi connectivity index (χ2n) is 7.51.